The van der Waals surface area contributed by atoms with Crippen LogP contribution in [0.3, 0.4) is 0 Å². The monoisotopic (exact) mass is 565 g/mol. The lowest BCUT2D eigenvalue weighted by Crippen LogP contribution is -2.23. The maximum Gasteiger partial charge on any atom is 0.136 e. The highest BCUT2D eigenvalue weighted by molar-refractivity contribution is 6.12. The quantitative estimate of drug-likeness (QED) is 0.217. The third-order valence-electron chi connectivity index (χ3n) is 8.59. The first-order valence-corrected chi connectivity index (χ1v) is 15.2. The van der Waals surface area contributed by atoms with Crippen LogP contribution >= 0.6 is 0 Å². The van der Waals surface area contributed by atoms with E-state index in [1.54, 1.807) is 0 Å². The van der Waals surface area contributed by atoms with Crippen molar-refractivity contribution in [2.45, 2.75) is 12.5 Å². The fourth-order valence-electron chi connectivity index (χ4n) is 6.45. The molecule has 0 aliphatic heterocycles. The fourth-order valence-corrected chi connectivity index (χ4v) is 6.45. The molecule has 6 aromatic carbocycles. The van der Waals surface area contributed by atoms with Gasteiger partial charge in [-0.15, -0.1) is 0 Å². The summed E-state index contributed by atoms with van der Waals surface area (Å²) < 4.78 is 6.22. The average Bonchev–Trinajstić information content (AvgIpc) is 3.48. The van der Waals surface area contributed by atoms with Crippen LogP contribution in [0.4, 0.5) is 5.69 Å². The van der Waals surface area contributed by atoms with Crippen LogP contribution in [-0.4, -0.2) is 6.04 Å². The number of hydrogen-bond acceptors (Lipinski definition) is 2. The van der Waals surface area contributed by atoms with Crippen molar-refractivity contribution in [1.29, 1.82) is 0 Å². The second kappa shape index (κ2) is 11.2. The summed E-state index contributed by atoms with van der Waals surface area (Å²) in [6.07, 6.45) is 5.63. The summed E-state index contributed by atoms with van der Waals surface area (Å²) in [5, 5.41) is 6.13. The molecule has 1 heterocycles. The van der Waals surface area contributed by atoms with Gasteiger partial charge in [0.1, 0.15) is 11.2 Å². The van der Waals surface area contributed by atoms with E-state index in [9.17, 15) is 0 Å². The predicted octanol–water partition coefficient (Wildman–Crippen LogP) is 11.3. The van der Waals surface area contributed by atoms with E-state index in [1.807, 2.05) is 12.1 Å². The number of allylic oxidation sites excluding steroid dienone is 2. The van der Waals surface area contributed by atoms with Crippen LogP contribution in [0, 0.1) is 0 Å². The van der Waals surface area contributed by atoms with Crippen molar-refractivity contribution in [3.8, 4) is 22.3 Å². The summed E-state index contributed by atoms with van der Waals surface area (Å²) in [6.45, 7) is 0. The molecule has 1 unspecified atom stereocenters. The minimum absolute atomic E-state index is 0.138. The highest BCUT2D eigenvalue weighted by Gasteiger charge is 2.22. The second-order valence-electron chi connectivity index (χ2n) is 11.4. The Bertz CT molecular complexity index is 2170. The third-order valence-corrected chi connectivity index (χ3v) is 8.59. The first-order chi connectivity index (χ1) is 21.8. The van der Waals surface area contributed by atoms with Gasteiger partial charge in [0, 0.05) is 16.5 Å². The SMILES string of the molecule is C1=C(c2cccc(-c3ccccc3)c2)C=C(c2cccc(-c3cccc4oc5ccccc5c34)c2)C(Nc2ccccc2)C1. The molecule has 210 valence electrons. The number of hydrogen-bond donors (Lipinski definition) is 1. The number of fused-ring (bicyclic) bond motifs is 3. The third kappa shape index (κ3) is 4.91. The van der Waals surface area contributed by atoms with E-state index in [0.717, 1.165) is 34.0 Å². The molecule has 7 aromatic rings. The van der Waals surface area contributed by atoms with Crippen molar-refractivity contribution < 1.29 is 4.42 Å². The molecule has 0 radical (unpaired) electrons. The molecule has 0 bridgehead atoms. The summed E-state index contributed by atoms with van der Waals surface area (Å²) in [6, 6.07) is 53.8. The van der Waals surface area contributed by atoms with Gasteiger partial charge in [0.2, 0.25) is 0 Å². The van der Waals surface area contributed by atoms with E-state index in [0.29, 0.717) is 0 Å². The van der Waals surface area contributed by atoms with Crippen molar-refractivity contribution in [1.82, 2.24) is 0 Å². The van der Waals surface area contributed by atoms with Crippen LogP contribution in [0.5, 0.6) is 0 Å². The van der Waals surface area contributed by atoms with Gasteiger partial charge in [-0.2, -0.15) is 0 Å². The second-order valence-corrected chi connectivity index (χ2v) is 11.4. The molecule has 1 N–H and O–H groups in total. The molecule has 2 nitrogen and oxygen atoms in total. The van der Waals surface area contributed by atoms with Gasteiger partial charge in [-0.1, -0.05) is 121 Å². The minimum Gasteiger partial charge on any atom is -0.456 e. The zero-order valence-electron chi connectivity index (χ0n) is 24.3. The molecule has 1 atom stereocenters. The van der Waals surface area contributed by atoms with Crippen molar-refractivity contribution >= 4 is 38.8 Å². The summed E-state index contributed by atoms with van der Waals surface area (Å²) in [5.74, 6) is 0. The Kier molecular flexibility index (Phi) is 6.66. The van der Waals surface area contributed by atoms with Crippen LogP contribution in [0.2, 0.25) is 0 Å². The van der Waals surface area contributed by atoms with E-state index in [1.165, 1.54) is 44.5 Å². The molecule has 2 heteroatoms. The Hall–Kier alpha value is -5.60. The number of anilines is 1. The lowest BCUT2D eigenvalue weighted by Gasteiger charge is -2.27. The van der Waals surface area contributed by atoms with E-state index < -0.39 is 0 Å². The number of rotatable bonds is 6. The molecule has 0 saturated carbocycles. The first-order valence-electron chi connectivity index (χ1n) is 15.2. The van der Waals surface area contributed by atoms with Crippen molar-refractivity contribution in [2.75, 3.05) is 5.32 Å². The average molecular weight is 566 g/mol. The highest BCUT2D eigenvalue weighted by atomic mass is 16.3. The smallest absolute Gasteiger partial charge is 0.136 e. The summed E-state index contributed by atoms with van der Waals surface area (Å²) in [4.78, 5) is 0. The van der Waals surface area contributed by atoms with Crippen molar-refractivity contribution in [2.24, 2.45) is 0 Å². The number of benzene rings is 6. The predicted molar refractivity (Wildman–Crippen MR) is 185 cm³/mol. The topological polar surface area (TPSA) is 25.2 Å². The summed E-state index contributed by atoms with van der Waals surface area (Å²) in [7, 11) is 0. The maximum absolute atomic E-state index is 6.22. The molecule has 1 aromatic heterocycles. The fraction of sp³-hybridized carbons (Fsp3) is 0.0476. The van der Waals surface area contributed by atoms with Crippen LogP contribution in [0.25, 0.3) is 55.3 Å². The van der Waals surface area contributed by atoms with E-state index in [2.05, 4.69) is 157 Å². The van der Waals surface area contributed by atoms with Gasteiger partial charge >= 0.3 is 0 Å². The molecule has 0 saturated heterocycles. The molecule has 0 amide bonds. The number of furan rings is 1. The Morgan fingerprint density at radius 1 is 0.523 bits per heavy atom. The van der Waals surface area contributed by atoms with Gasteiger partial charge in [-0.05, 0) is 93.4 Å². The van der Waals surface area contributed by atoms with Crippen LogP contribution in [0.1, 0.15) is 17.5 Å². The molecular formula is C42H31NO. The zero-order valence-corrected chi connectivity index (χ0v) is 24.3. The molecule has 1 aliphatic rings. The Labute approximate surface area is 257 Å². The van der Waals surface area contributed by atoms with E-state index in [4.69, 9.17) is 4.42 Å². The van der Waals surface area contributed by atoms with Gasteiger partial charge in [0.05, 0.1) is 6.04 Å². The van der Waals surface area contributed by atoms with Crippen LogP contribution in [0.15, 0.2) is 168 Å². The van der Waals surface area contributed by atoms with E-state index in [-0.39, 0.29) is 6.04 Å². The van der Waals surface area contributed by atoms with Crippen molar-refractivity contribution in [3.63, 3.8) is 0 Å². The Morgan fingerprint density at radius 2 is 1.16 bits per heavy atom. The summed E-state index contributed by atoms with van der Waals surface area (Å²) in [5.41, 5.74) is 12.7. The first kappa shape index (κ1) is 26.1. The normalized spacial score (nSPS) is 14.8. The number of nitrogens with one attached hydrogen (secondary N) is 1. The van der Waals surface area contributed by atoms with E-state index >= 15 is 0 Å². The van der Waals surface area contributed by atoms with Gasteiger partial charge in [0.15, 0.2) is 0 Å². The zero-order chi connectivity index (χ0) is 29.3. The minimum atomic E-state index is 0.138. The molecule has 8 rings (SSSR count). The molecular weight excluding hydrogens is 534 g/mol. The van der Waals surface area contributed by atoms with Crippen LogP contribution in [-0.2, 0) is 0 Å². The lowest BCUT2D eigenvalue weighted by atomic mass is 9.85. The van der Waals surface area contributed by atoms with Gasteiger partial charge in [-0.3, -0.25) is 0 Å². The number of para-hydroxylation sites is 2. The molecule has 44 heavy (non-hydrogen) atoms. The highest BCUT2D eigenvalue weighted by Crippen LogP contribution is 2.39. The molecule has 0 fully saturated rings. The van der Waals surface area contributed by atoms with Gasteiger partial charge < -0.3 is 9.73 Å². The lowest BCUT2D eigenvalue weighted by molar-refractivity contribution is 0.669. The van der Waals surface area contributed by atoms with Gasteiger partial charge in [-0.25, -0.2) is 0 Å². The maximum atomic E-state index is 6.22. The van der Waals surface area contributed by atoms with Crippen molar-refractivity contribution in [3.05, 3.63) is 175 Å². The molecule has 1 aliphatic carbocycles. The van der Waals surface area contributed by atoms with Crippen LogP contribution < -0.4 is 5.32 Å². The standard InChI is InChI=1S/C42H31NO/c1-3-12-29(13-4-1)30-14-9-15-31(26-30)32-24-25-39(43-35-18-5-2-6-19-35)38(28-32)34-17-10-16-33(27-34)36-21-11-23-41-42(36)37-20-7-8-22-40(37)44-41/h1-24,26-28,39,43H,25H2. The van der Waals surface area contributed by atoms with Gasteiger partial charge in [0.25, 0.3) is 0 Å². The Balaban J connectivity index is 1.23. The summed E-state index contributed by atoms with van der Waals surface area (Å²) >= 11 is 0. The molecule has 0 spiro atoms. The largest absolute Gasteiger partial charge is 0.456 e. The Morgan fingerprint density at radius 3 is 2.02 bits per heavy atom.